The third kappa shape index (κ3) is 5.29. The summed E-state index contributed by atoms with van der Waals surface area (Å²) in [6.45, 7) is 0.527. The lowest BCUT2D eigenvalue weighted by molar-refractivity contribution is -0.129. The minimum atomic E-state index is -0.560. The van der Waals surface area contributed by atoms with E-state index in [1.807, 2.05) is 30.3 Å². The third-order valence-corrected chi connectivity index (χ3v) is 5.69. The van der Waals surface area contributed by atoms with Crippen molar-refractivity contribution in [1.82, 2.24) is 0 Å². The number of carbonyl (C=O) groups is 1. The molecule has 0 atom stereocenters. The highest BCUT2D eigenvalue weighted by Gasteiger charge is 2.24. The molecule has 0 amide bonds. The van der Waals surface area contributed by atoms with Crippen LogP contribution < -0.4 is 4.74 Å². The molecule has 0 aliphatic carbocycles. The van der Waals surface area contributed by atoms with Crippen molar-refractivity contribution >= 4 is 49.8 Å². The van der Waals surface area contributed by atoms with Crippen LogP contribution in [-0.4, -0.2) is 18.5 Å². The number of esters is 1. The molecule has 156 valence electrons. The smallest absolute Gasteiger partial charge is 0.363 e. The predicted molar refractivity (Wildman–Crippen MR) is 124 cm³/mol. The van der Waals surface area contributed by atoms with Gasteiger partial charge in [-0.3, -0.25) is 0 Å². The number of ether oxygens (including phenoxy) is 2. The monoisotopic (exact) mass is 543 g/mol. The van der Waals surface area contributed by atoms with Gasteiger partial charge in [0.25, 0.3) is 0 Å². The van der Waals surface area contributed by atoms with Crippen LogP contribution in [0, 0.1) is 5.82 Å². The number of rotatable bonds is 6. The van der Waals surface area contributed by atoms with Crippen LogP contribution in [0.25, 0.3) is 6.08 Å². The average Bonchev–Trinajstić information content (AvgIpc) is 3.11. The zero-order valence-electron chi connectivity index (χ0n) is 16.1. The average molecular weight is 545 g/mol. The summed E-state index contributed by atoms with van der Waals surface area (Å²) in [5.74, 6) is -0.0993. The predicted octanol–water partition coefficient (Wildman–Crippen LogP) is 6.32. The van der Waals surface area contributed by atoms with Gasteiger partial charge >= 0.3 is 5.97 Å². The Morgan fingerprint density at radius 1 is 1.00 bits per heavy atom. The maximum absolute atomic E-state index is 13.1. The molecular formula is C24H16Br2FNO3. The van der Waals surface area contributed by atoms with Gasteiger partial charge in [0.05, 0.1) is 15.6 Å². The Morgan fingerprint density at radius 3 is 2.35 bits per heavy atom. The van der Waals surface area contributed by atoms with Crippen molar-refractivity contribution in [2.75, 3.05) is 6.61 Å². The highest BCUT2D eigenvalue weighted by Crippen LogP contribution is 2.36. The van der Waals surface area contributed by atoms with Crippen LogP contribution in [0.4, 0.5) is 4.39 Å². The van der Waals surface area contributed by atoms with E-state index < -0.39 is 5.97 Å². The lowest BCUT2D eigenvalue weighted by Gasteiger charge is -2.11. The van der Waals surface area contributed by atoms with Crippen LogP contribution in [0.2, 0.25) is 0 Å². The van der Waals surface area contributed by atoms with Gasteiger partial charge in [-0.2, -0.15) is 0 Å². The van der Waals surface area contributed by atoms with Crippen molar-refractivity contribution in [2.45, 2.75) is 6.42 Å². The topological polar surface area (TPSA) is 47.9 Å². The number of benzene rings is 3. The molecule has 0 saturated heterocycles. The second-order valence-corrected chi connectivity index (χ2v) is 8.45. The molecule has 0 fully saturated rings. The van der Waals surface area contributed by atoms with E-state index >= 15 is 0 Å². The largest absolute Gasteiger partial charge is 0.491 e. The molecule has 0 N–H and O–H groups in total. The number of hydrogen-bond acceptors (Lipinski definition) is 4. The van der Waals surface area contributed by atoms with Gasteiger partial charge in [0, 0.05) is 12.0 Å². The van der Waals surface area contributed by atoms with E-state index in [-0.39, 0.29) is 17.4 Å². The van der Waals surface area contributed by atoms with Gasteiger partial charge in [-0.05, 0) is 85.5 Å². The molecule has 0 radical (unpaired) electrons. The molecule has 0 saturated carbocycles. The first kappa shape index (κ1) is 21.5. The molecule has 4 nitrogen and oxygen atoms in total. The molecular weight excluding hydrogens is 529 g/mol. The highest BCUT2D eigenvalue weighted by molar-refractivity contribution is 9.11. The van der Waals surface area contributed by atoms with E-state index in [4.69, 9.17) is 9.47 Å². The minimum Gasteiger partial charge on any atom is -0.491 e. The number of nitrogens with zero attached hydrogens (tertiary/aromatic N) is 1. The van der Waals surface area contributed by atoms with Gasteiger partial charge in [0.15, 0.2) is 5.70 Å². The quantitative estimate of drug-likeness (QED) is 0.269. The zero-order chi connectivity index (χ0) is 21.8. The van der Waals surface area contributed by atoms with Crippen LogP contribution in [0.3, 0.4) is 0 Å². The summed E-state index contributed by atoms with van der Waals surface area (Å²) in [6.07, 6.45) is 2.42. The number of carbonyl (C=O) groups excluding carboxylic acids is 1. The van der Waals surface area contributed by atoms with E-state index in [9.17, 15) is 9.18 Å². The molecule has 1 aliphatic heterocycles. The van der Waals surface area contributed by atoms with Gasteiger partial charge in [-0.15, -0.1) is 0 Å². The van der Waals surface area contributed by atoms with Crippen molar-refractivity contribution in [2.24, 2.45) is 4.99 Å². The second kappa shape index (κ2) is 9.58. The number of hydrogen-bond donors (Lipinski definition) is 0. The summed E-state index contributed by atoms with van der Waals surface area (Å²) >= 11 is 7.06. The normalized spacial score (nSPS) is 14.5. The molecule has 0 bridgehead atoms. The van der Waals surface area contributed by atoms with Crippen molar-refractivity contribution in [1.29, 1.82) is 0 Å². The van der Waals surface area contributed by atoms with E-state index in [1.165, 1.54) is 29.8 Å². The molecule has 4 rings (SSSR count). The third-order valence-electron chi connectivity index (χ3n) is 4.52. The van der Waals surface area contributed by atoms with Gasteiger partial charge < -0.3 is 9.47 Å². The van der Waals surface area contributed by atoms with Crippen LogP contribution >= 0.6 is 31.9 Å². The Hall–Kier alpha value is -2.77. The van der Waals surface area contributed by atoms with Gasteiger partial charge in [0.1, 0.15) is 11.6 Å². The van der Waals surface area contributed by atoms with Gasteiger partial charge in [0.2, 0.25) is 5.90 Å². The molecule has 0 aromatic heterocycles. The molecule has 0 spiro atoms. The van der Waals surface area contributed by atoms with Gasteiger partial charge in [-0.1, -0.05) is 30.3 Å². The highest BCUT2D eigenvalue weighted by atomic mass is 79.9. The molecule has 3 aromatic carbocycles. The second-order valence-electron chi connectivity index (χ2n) is 6.74. The summed E-state index contributed by atoms with van der Waals surface area (Å²) in [4.78, 5) is 16.5. The Bertz CT molecular complexity index is 1150. The van der Waals surface area contributed by atoms with Crippen LogP contribution in [0.15, 0.2) is 86.4 Å². The standard InChI is InChI=1S/C24H16Br2FNO3/c25-19-12-16(13-20(26)22(19)30-11-10-15-4-2-1-3-5-15)14-21-24(29)31-23(28-21)17-6-8-18(27)9-7-17/h1-9,12-14H,10-11H2/b21-14-. The molecule has 0 unspecified atom stereocenters. The first-order valence-corrected chi connectivity index (χ1v) is 11.0. The summed E-state index contributed by atoms with van der Waals surface area (Å²) in [7, 11) is 0. The summed E-state index contributed by atoms with van der Waals surface area (Å²) in [6, 6.07) is 19.4. The van der Waals surface area contributed by atoms with Crippen molar-refractivity contribution < 1.29 is 18.7 Å². The van der Waals surface area contributed by atoms with Crippen LogP contribution in [0.1, 0.15) is 16.7 Å². The van der Waals surface area contributed by atoms with E-state index in [0.29, 0.717) is 17.9 Å². The van der Waals surface area contributed by atoms with E-state index in [1.54, 1.807) is 6.08 Å². The van der Waals surface area contributed by atoms with Crippen molar-refractivity contribution in [3.05, 3.63) is 104 Å². The number of aliphatic imine (C=N–C) groups is 1. The Kier molecular flexibility index (Phi) is 6.63. The SMILES string of the molecule is O=C1OC(c2ccc(F)cc2)=N/C1=C\c1cc(Br)c(OCCc2ccccc2)c(Br)c1. The van der Waals surface area contributed by atoms with E-state index in [2.05, 4.69) is 49.0 Å². The summed E-state index contributed by atoms with van der Waals surface area (Å²) < 4.78 is 25.8. The van der Waals surface area contributed by atoms with E-state index in [0.717, 1.165) is 20.9 Å². The fourth-order valence-electron chi connectivity index (χ4n) is 3.00. The lowest BCUT2D eigenvalue weighted by Crippen LogP contribution is -2.05. The van der Waals surface area contributed by atoms with Crippen LogP contribution in [-0.2, 0) is 16.0 Å². The molecule has 31 heavy (non-hydrogen) atoms. The zero-order valence-corrected chi connectivity index (χ0v) is 19.3. The van der Waals surface area contributed by atoms with Crippen molar-refractivity contribution in [3.8, 4) is 5.75 Å². The first-order chi connectivity index (χ1) is 15.0. The van der Waals surface area contributed by atoms with Gasteiger partial charge in [-0.25, -0.2) is 14.2 Å². The number of halogens is 3. The maximum Gasteiger partial charge on any atom is 0.363 e. The fraction of sp³-hybridized carbons (Fsp3) is 0.0833. The molecule has 1 heterocycles. The summed E-state index contributed by atoms with van der Waals surface area (Å²) in [5.41, 5.74) is 2.63. The molecule has 1 aliphatic rings. The van der Waals surface area contributed by atoms with Crippen molar-refractivity contribution in [3.63, 3.8) is 0 Å². The number of cyclic esters (lactones) is 1. The van der Waals surface area contributed by atoms with Crippen LogP contribution in [0.5, 0.6) is 5.75 Å². The molecule has 3 aromatic rings. The Morgan fingerprint density at radius 2 is 1.68 bits per heavy atom. The Balaban J connectivity index is 1.50. The Labute approximate surface area is 195 Å². The maximum atomic E-state index is 13.1. The fourth-order valence-corrected chi connectivity index (χ4v) is 4.45. The first-order valence-electron chi connectivity index (χ1n) is 9.44. The molecule has 7 heteroatoms. The summed E-state index contributed by atoms with van der Waals surface area (Å²) in [5, 5.41) is 0. The lowest BCUT2D eigenvalue weighted by atomic mass is 10.1. The minimum absolute atomic E-state index is 0.148.